The summed E-state index contributed by atoms with van der Waals surface area (Å²) in [6.45, 7) is 0. The molecule has 0 aliphatic rings. The smallest absolute Gasteiger partial charge is 1.00 e. The molecule has 0 amide bonds. The molecule has 0 heterocycles. The minimum atomic E-state index is -2.61. The predicted molar refractivity (Wildman–Crippen MR) is 35.9 cm³/mol. The van der Waals surface area contributed by atoms with Gasteiger partial charge in [0.1, 0.15) is 0 Å². The van der Waals surface area contributed by atoms with Gasteiger partial charge in [-0.05, 0) is 0 Å². The van der Waals surface area contributed by atoms with Crippen molar-refractivity contribution in [3.63, 3.8) is 0 Å². The summed E-state index contributed by atoms with van der Waals surface area (Å²) in [5.41, 5.74) is 0. The molecule has 0 atom stereocenters. The summed E-state index contributed by atoms with van der Waals surface area (Å²) in [6.07, 6.45) is 0. The van der Waals surface area contributed by atoms with Crippen molar-refractivity contribution in [3.05, 3.63) is 0 Å². The molecule has 0 aromatic carbocycles. The second-order valence-corrected chi connectivity index (χ2v) is 1.38. The third-order valence-corrected chi connectivity index (χ3v) is 0. The van der Waals surface area contributed by atoms with Crippen molar-refractivity contribution >= 4 is 60.5 Å². The number of hydrogen-bond acceptors (Lipinski definition) is 2. The molecule has 10 heteroatoms. The Labute approximate surface area is 140 Å². The molecule has 0 aliphatic carbocycles. The summed E-state index contributed by atoms with van der Waals surface area (Å²) in [5, 5.41) is 0. The van der Waals surface area contributed by atoms with Gasteiger partial charge in [-0.3, -0.25) is 18.2 Å². The van der Waals surface area contributed by atoms with Crippen LogP contribution < -0.4 is 51.4 Å². The summed E-state index contributed by atoms with van der Waals surface area (Å²) < 4.78 is 45.7. The standard InChI is InChI=1S/Ca.K.2H2O3S.3H/c;;2*1-4(2)3;;;/h;;2*(H2,1,2,3);;;/q+2;+1;;;3*-1. The van der Waals surface area contributed by atoms with Gasteiger partial charge in [0, 0.05) is 0 Å². The first-order chi connectivity index (χ1) is 3.46. The van der Waals surface area contributed by atoms with Crippen LogP contribution in [0.5, 0.6) is 0 Å². The first kappa shape index (κ1) is 23.1. The van der Waals surface area contributed by atoms with Crippen LogP contribution in [0.25, 0.3) is 0 Å². The molecule has 0 saturated carbocycles. The molecule has 0 rings (SSSR count). The summed E-state index contributed by atoms with van der Waals surface area (Å²) in [5.74, 6) is 0. The quantitative estimate of drug-likeness (QED) is 0.258. The van der Waals surface area contributed by atoms with Crippen LogP contribution in [0.3, 0.4) is 0 Å². The average molecular weight is 246 g/mol. The van der Waals surface area contributed by atoms with E-state index in [1.165, 1.54) is 0 Å². The molecule has 0 aromatic rings. The van der Waals surface area contributed by atoms with Crippen molar-refractivity contribution in [1.82, 2.24) is 0 Å². The van der Waals surface area contributed by atoms with Crippen molar-refractivity contribution in [1.29, 1.82) is 0 Å². The molecule has 0 spiro atoms. The van der Waals surface area contributed by atoms with E-state index in [9.17, 15) is 0 Å². The van der Waals surface area contributed by atoms with Crippen molar-refractivity contribution < 1.29 is 82.3 Å². The van der Waals surface area contributed by atoms with Gasteiger partial charge in [-0.2, -0.15) is 8.42 Å². The van der Waals surface area contributed by atoms with Gasteiger partial charge in [-0.25, -0.2) is 0 Å². The molecular formula is H7CaKO6S2. The van der Waals surface area contributed by atoms with Crippen LogP contribution in [0.15, 0.2) is 0 Å². The minimum Gasteiger partial charge on any atom is -1.00 e. The van der Waals surface area contributed by atoms with Crippen molar-refractivity contribution in [2.24, 2.45) is 0 Å². The fourth-order valence-corrected chi connectivity index (χ4v) is 0. The van der Waals surface area contributed by atoms with Gasteiger partial charge in [-0.15, -0.1) is 0 Å². The SMILES string of the molecule is O=S(O)O.O=S(O)O.[Ca+2].[H-].[H-].[H-].[K+]. The maximum atomic E-state index is 8.67. The van der Waals surface area contributed by atoms with Gasteiger partial charge in [0.2, 0.25) is 0 Å². The van der Waals surface area contributed by atoms with Gasteiger partial charge in [0.25, 0.3) is 22.7 Å². The van der Waals surface area contributed by atoms with E-state index < -0.39 is 22.7 Å². The van der Waals surface area contributed by atoms with Gasteiger partial charge < -0.3 is 4.28 Å². The molecule has 10 heavy (non-hydrogen) atoms. The molecule has 0 radical (unpaired) electrons. The first-order valence-electron chi connectivity index (χ1n) is 1.06. The zero-order valence-corrected chi connectivity index (χ0v) is 12.1. The monoisotopic (exact) mass is 246 g/mol. The van der Waals surface area contributed by atoms with E-state index in [-0.39, 0.29) is 93.4 Å². The van der Waals surface area contributed by atoms with Crippen molar-refractivity contribution in [2.45, 2.75) is 0 Å². The molecule has 4 N–H and O–H groups in total. The first-order valence-corrected chi connectivity index (χ1v) is 3.19. The minimum absolute atomic E-state index is 0. The summed E-state index contributed by atoms with van der Waals surface area (Å²) in [6, 6.07) is 0. The van der Waals surface area contributed by atoms with Crippen LogP contribution in [0.2, 0.25) is 0 Å². The van der Waals surface area contributed by atoms with Crippen molar-refractivity contribution in [3.8, 4) is 0 Å². The summed E-state index contributed by atoms with van der Waals surface area (Å²) >= 11 is -5.22. The van der Waals surface area contributed by atoms with Gasteiger partial charge in [0.15, 0.2) is 0 Å². The summed E-state index contributed by atoms with van der Waals surface area (Å²) in [7, 11) is 0. The average Bonchev–Trinajstić information content (AvgIpc) is 1.25. The van der Waals surface area contributed by atoms with Gasteiger partial charge in [-0.1, -0.05) is 0 Å². The maximum Gasteiger partial charge on any atom is 2.00 e. The van der Waals surface area contributed by atoms with Crippen LogP contribution in [0.1, 0.15) is 4.28 Å². The fraction of sp³-hybridized carbons (Fsp3) is 0. The Morgan fingerprint density at radius 1 is 0.900 bits per heavy atom. The van der Waals surface area contributed by atoms with E-state index in [0.717, 1.165) is 0 Å². The maximum absolute atomic E-state index is 8.67. The summed E-state index contributed by atoms with van der Waals surface area (Å²) in [4.78, 5) is 0. The molecule has 0 aliphatic heterocycles. The Morgan fingerprint density at radius 2 is 0.900 bits per heavy atom. The number of hydrogen-bond donors (Lipinski definition) is 4. The van der Waals surface area contributed by atoms with Crippen LogP contribution >= 0.6 is 0 Å². The Hall–Kier alpha value is 3.04. The Morgan fingerprint density at radius 3 is 0.900 bits per heavy atom. The Bertz CT molecular complexity index is 83.9. The molecular weight excluding hydrogens is 239 g/mol. The molecule has 0 unspecified atom stereocenters. The van der Waals surface area contributed by atoms with E-state index in [2.05, 4.69) is 0 Å². The molecule has 0 aromatic heterocycles. The largest absolute Gasteiger partial charge is 2.00 e. The van der Waals surface area contributed by atoms with Gasteiger partial charge in [0.05, 0.1) is 0 Å². The molecule has 0 fully saturated rings. The zero-order valence-electron chi connectivity index (χ0n) is 8.13. The van der Waals surface area contributed by atoms with E-state index in [1.54, 1.807) is 0 Å². The molecule has 0 saturated heterocycles. The van der Waals surface area contributed by atoms with Crippen LogP contribution in [-0.2, 0) is 22.7 Å². The van der Waals surface area contributed by atoms with E-state index >= 15 is 0 Å². The topological polar surface area (TPSA) is 115 Å². The van der Waals surface area contributed by atoms with Crippen molar-refractivity contribution in [2.75, 3.05) is 0 Å². The van der Waals surface area contributed by atoms with Crippen LogP contribution in [0, 0.1) is 0 Å². The van der Waals surface area contributed by atoms with Crippen LogP contribution in [-0.4, -0.2) is 64.4 Å². The van der Waals surface area contributed by atoms with Gasteiger partial charge >= 0.3 is 89.1 Å². The van der Waals surface area contributed by atoms with Crippen LogP contribution in [0.4, 0.5) is 0 Å². The zero-order chi connectivity index (χ0) is 7.15. The molecule has 6 nitrogen and oxygen atoms in total. The third kappa shape index (κ3) is 121. The molecule has 0 bridgehead atoms. The van der Waals surface area contributed by atoms with E-state index in [4.69, 9.17) is 26.6 Å². The number of rotatable bonds is 0. The van der Waals surface area contributed by atoms with E-state index in [0.29, 0.717) is 0 Å². The Balaban J connectivity index is -0.00000000800. The second kappa shape index (κ2) is 18.0. The predicted octanol–water partition coefficient (Wildman–Crippen LogP) is -3.68. The second-order valence-electron chi connectivity index (χ2n) is 0.461. The van der Waals surface area contributed by atoms with E-state index in [1.807, 2.05) is 0 Å². The Kier molecular flexibility index (Phi) is 41.5. The fourth-order valence-electron chi connectivity index (χ4n) is 0. The molecule has 58 valence electrons. The third-order valence-electron chi connectivity index (χ3n) is 0. The normalized spacial score (nSPS) is 7.00.